The number of hydrogen-bond donors (Lipinski definition) is 1. The third kappa shape index (κ3) is 6.75. The van der Waals surface area contributed by atoms with Gasteiger partial charge in [-0.15, -0.1) is 0 Å². The second-order valence-electron chi connectivity index (χ2n) is 12.0. The number of ether oxygens (including phenoxy) is 1. The van der Waals surface area contributed by atoms with Crippen molar-refractivity contribution in [3.63, 3.8) is 0 Å². The molecule has 0 spiro atoms. The Labute approximate surface area is 224 Å². The Balaban J connectivity index is 1.37. The molecule has 2 saturated heterocycles. The van der Waals surface area contributed by atoms with E-state index in [1.54, 1.807) is 7.11 Å². The van der Waals surface area contributed by atoms with E-state index < -0.39 is 0 Å². The molecule has 0 radical (unpaired) electrons. The van der Waals surface area contributed by atoms with Crippen LogP contribution in [0.15, 0.2) is 12.1 Å². The minimum Gasteiger partial charge on any atom is -0.496 e. The fraction of sp³-hybridized carbons (Fsp3) is 0.742. The molecule has 2 aliphatic heterocycles. The smallest absolute Gasteiger partial charge is 0.138 e. The molecule has 3 heterocycles. The Kier molecular flexibility index (Phi) is 9.19. The summed E-state index contributed by atoms with van der Waals surface area (Å²) in [6.45, 7) is 10.7. The number of fused-ring (bicyclic) bond motifs is 1. The fourth-order valence-electron chi connectivity index (χ4n) is 6.67. The van der Waals surface area contributed by atoms with E-state index >= 15 is 0 Å². The summed E-state index contributed by atoms with van der Waals surface area (Å²) in [5, 5.41) is 4.99. The van der Waals surface area contributed by atoms with E-state index in [0.29, 0.717) is 18.0 Å². The number of methoxy groups -OCH3 is 1. The summed E-state index contributed by atoms with van der Waals surface area (Å²) in [5.74, 6) is 3.56. The van der Waals surface area contributed by atoms with E-state index in [-0.39, 0.29) is 0 Å². The molecule has 5 rings (SSSR count). The van der Waals surface area contributed by atoms with E-state index in [1.807, 2.05) is 0 Å². The quantitative estimate of drug-likeness (QED) is 0.376. The molecule has 37 heavy (non-hydrogen) atoms. The molecule has 1 saturated carbocycles. The van der Waals surface area contributed by atoms with E-state index in [2.05, 4.69) is 41.1 Å². The van der Waals surface area contributed by atoms with Gasteiger partial charge < -0.3 is 19.9 Å². The molecule has 1 aromatic carbocycles. The topological polar surface area (TPSA) is 53.5 Å². The van der Waals surface area contributed by atoms with Gasteiger partial charge in [-0.25, -0.2) is 9.97 Å². The van der Waals surface area contributed by atoms with E-state index in [1.165, 1.54) is 83.0 Å². The third-order valence-electron chi connectivity index (χ3n) is 9.06. The molecule has 1 aliphatic carbocycles. The maximum Gasteiger partial charge on any atom is 0.138 e. The van der Waals surface area contributed by atoms with Gasteiger partial charge in [0.1, 0.15) is 17.4 Å². The molecular formula is C31H49N5O. The molecule has 3 aliphatic rings. The van der Waals surface area contributed by atoms with Gasteiger partial charge in [0, 0.05) is 36.5 Å². The molecule has 3 fully saturated rings. The van der Waals surface area contributed by atoms with E-state index in [4.69, 9.17) is 14.7 Å². The van der Waals surface area contributed by atoms with Crippen LogP contribution in [0.4, 0.5) is 5.82 Å². The molecule has 0 atom stereocenters. The first-order valence-corrected chi connectivity index (χ1v) is 15.2. The number of nitrogens with one attached hydrogen (secondary N) is 1. The minimum atomic E-state index is 0.462. The fourth-order valence-corrected chi connectivity index (χ4v) is 6.67. The first kappa shape index (κ1) is 26.7. The molecule has 2 aromatic rings. The standard InChI is InChI=1S/C31H49N5O/c1-23(2)36-19-14-26(15-20-36)32-31-27-22-29(37-3)25(13-7-8-16-35-17-9-10-18-35)21-28(27)33-30(34-31)24-11-5-4-6-12-24/h21-24,26H,4-20H2,1-3H3,(H,32,33,34). The van der Waals surface area contributed by atoms with Gasteiger partial charge in [0.05, 0.1) is 12.6 Å². The molecule has 0 amide bonds. The number of aromatic nitrogens is 2. The summed E-state index contributed by atoms with van der Waals surface area (Å²) in [4.78, 5) is 15.6. The van der Waals surface area contributed by atoms with E-state index in [9.17, 15) is 0 Å². The maximum atomic E-state index is 5.92. The van der Waals surface area contributed by atoms with Crippen molar-refractivity contribution < 1.29 is 4.74 Å². The zero-order valence-corrected chi connectivity index (χ0v) is 23.6. The lowest BCUT2D eigenvalue weighted by Crippen LogP contribution is -2.42. The lowest BCUT2D eigenvalue weighted by molar-refractivity contribution is 0.177. The Morgan fingerprint density at radius 1 is 0.919 bits per heavy atom. The van der Waals surface area contributed by atoms with Crippen LogP contribution in [0.25, 0.3) is 10.9 Å². The van der Waals surface area contributed by atoms with Crippen molar-refractivity contribution in [3.05, 3.63) is 23.5 Å². The number of anilines is 1. The lowest BCUT2D eigenvalue weighted by atomic mass is 9.88. The van der Waals surface area contributed by atoms with Crippen LogP contribution in [0.5, 0.6) is 5.75 Å². The van der Waals surface area contributed by atoms with E-state index in [0.717, 1.165) is 60.6 Å². The highest BCUT2D eigenvalue weighted by atomic mass is 16.5. The SMILES string of the molecule is COc1cc2c(NC3CCN(C(C)C)CC3)nc(C3CCCCC3)nc2cc1CCCCN1CCCC1. The average molecular weight is 508 g/mol. The highest BCUT2D eigenvalue weighted by Crippen LogP contribution is 2.36. The predicted molar refractivity (Wildman–Crippen MR) is 154 cm³/mol. The third-order valence-corrected chi connectivity index (χ3v) is 9.06. The number of piperidine rings is 1. The van der Waals surface area contributed by atoms with Crippen LogP contribution in [-0.2, 0) is 6.42 Å². The number of nitrogens with zero attached hydrogens (tertiary/aromatic N) is 4. The molecule has 1 N–H and O–H groups in total. The Morgan fingerprint density at radius 2 is 1.68 bits per heavy atom. The van der Waals surface area contributed by atoms with Gasteiger partial charge in [-0.2, -0.15) is 0 Å². The highest BCUT2D eigenvalue weighted by Gasteiger charge is 2.25. The summed E-state index contributed by atoms with van der Waals surface area (Å²) in [5.41, 5.74) is 2.38. The summed E-state index contributed by atoms with van der Waals surface area (Å²) in [6, 6.07) is 5.60. The maximum absolute atomic E-state index is 5.92. The second-order valence-corrected chi connectivity index (χ2v) is 12.0. The van der Waals surface area contributed by atoms with Gasteiger partial charge in [0.25, 0.3) is 0 Å². The number of hydrogen-bond acceptors (Lipinski definition) is 6. The van der Waals surface area contributed by atoms with Gasteiger partial charge >= 0.3 is 0 Å². The zero-order valence-electron chi connectivity index (χ0n) is 23.6. The molecule has 6 heteroatoms. The molecule has 0 unspecified atom stereocenters. The average Bonchev–Trinajstić information content (AvgIpc) is 3.45. The number of unbranched alkanes of at least 4 members (excludes halogenated alkanes) is 1. The summed E-state index contributed by atoms with van der Waals surface area (Å²) in [7, 11) is 1.81. The monoisotopic (exact) mass is 507 g/mol. The van der Waals surface area contributed by atoms with Crippen LogP contribution in [0.2, 0.25) is 0 Å². The van der Waals surface area contributed by atoms with Crippen LogP contribution >= 0.6 is 0 Å². The number of rotatable bonds is 10. The van der Waals surface area contributed by atoms with Crippen molar-refractivity contribution in [2.24, 2.45) is 0 Å². The Hall–Kier alpha value is -1.92. The number of likely N-dealkylation sites (tertiary alicyclic amines) is 2. The largest absolute Gasteiger partial charge is 0.496 e. The van der Waals surface area contributed by atoms with Gasteiger partial charge in [-0.3, -0.25) is 0 Å². The molecule has 6 nitrogen and oxygen atoms in total. The van der Waals surface area contributed by atoms with Crippen molar-refractivity contribution in [1.82, 2.24) is 19.8 Å². The predicted octanol–water partition coefficient (Wildman–Crippen LogP) is 6.39. The second kappa shape index (κ2) is 12.8. The zero-order chi connectivity index (χ0) is 25.6. The van der Waals surface area contributed by atoms with Gasteiger partial charge in [-0.05, 0) is 109 Å². The summed E-state index contributed by atoms with van der Waals surface area (Å²) < 4.78 is 5.92. The van der Waals surface area contributed by atoms with Crippen molar-refractivity contribution in [2.75, 3.05) is 45.2 Å². The Morgan fingerprint density at radius 3 is 2.38 bits per heavy atom. The summed E-state index contributed by atoms with van der Waals surface area (Å²) >= 11 is 0. The minimum absolute atomic E-state index is 0.462. The van der Waals surface area contributed by atoms with Crippen molar-refractivity contribution in [2.45, 2.75) is 109 Å². The van der Waals surface area contributed by atoms with Crippen LogP contribution in [-0.4, -0.2) is 71.7 Å². The van der Waals surface area contributed by atoms with Crippen molar-refractivity contribution >= 4 is 16.7 Å². The van der Waals surface area contributed by atoms with Crippen molar-refractivity contribution in [1.29, 1.82) is 0 Å². The lowest BCUT2D eigenvalue weighted by Gasteiger charge is -2.35. The number of benzene rings is 1. The van der Waals surface area contributed by atoms with Crippen LogP contribution in [0, 0.1) is 0 Å². The van der Waals surface area contributed by atoms with Crippen molar-refractivity contribution in [3.8, 4) is 5.75 Å². The molecular weight excluding hydrogens is 458 g/mol. The first-order chi connectivity index (χ1) is 18.1. The first-order valence-electron chi connectivity index (χ1n) is 15.2. The van der Waals surface area contributed by atoms with Gasteiger partial charge in [0.2, 0.25) is 0 Å². The van der Waals surface area contributed by atoms with Crippen LogP contribution < -0.4 is 10.1 Å². The van der Waals surface area contributed by atoms with Crippen LogP contribution in [0.1, 0.15) is 102 Å². The Bertz CT molecular complexity index is 1000. The molecule has 1 aromatic heterocycles. The van der Waals surface area contributed by atoms with Gasteiger partial charge in [-0.1, -0.05) is 19.3 Å². The van der Waals surface area contributed by atoms with Gasteiger partial charge in [0.15, 0.2) is 0 Å². The van der Waals surface area contributed by atoms with Crippen LogP contribution in [0.3, 0.4) is 0 Å². The molecule has 204 valence electrons. The number of aryl methyl sites for hydroxylation is 1. The highest BCUT2D eigenvalue weighted by molar-refractivity contribution is 5.91. The summed E-state index contributed by atoms with van der Waals surface area (Å²) in [6.07, 6.45) is 14.9. The normalized spacial score (nSPS) is 20.8. The molecule has 0 bridgehead atoms.